The summed E-state index contributed by atoms with van der Waals surface area (Å²) in [7, 11) is -2.82. The molecule has 1 aromatic rings. The SMILES string of the molecule is I.O=S1(=O)CCC(CN=C(NC2CC2)NC2CCc3ccccc3C2)C1. The highest BCUT2D eigenvalue weighted by molar-refractivity contribution is 14.0. The smallest absolute Gasteiger partial charge is 0.191 e. The summed E-state index contributed by atoms with van der Waals surface area (Å²) >= 11 is 0. The van der Waals surface area contributed by atoms with Gasteiger partial charge in [-0.3, -0.25) is 4.99 Å². The van der Waals surface area contributed by atoms with Crippen LogP contribution in [0.25, 0.3) is 0 Å². The lowest BCUT2D eigenvalue weighted by Gasteiger charge is -2.27. The lowest BCUT2D eigenvalue weighted by Crippen LogP contribution is -2.46. The third-order valence-corrected chi connectivity index (χ3v) is 7.28. The van der Waals surface area contributed by atoms with Gasteiger partial charge in [0.2, 0.25) is 0 Å². The Morgan fingerprint density at radius 1 is 1.04 bits per heavy atom. The maximum Gasteiger partial charge on any atom is 0.191 e. The molecule has 3 aliphatic rings. The summed E-state index contributed by atoms with van der Waals surface area (Å²) in [6.45, 7) is 0.602. The molecule has 0 amide bonds. The fourth-order valence-corrected chi connectivity index (χ4v) is 5.65. The Bertz CT molecular complexity index is 762. The molecule has 2 unspecified atom stereocenters. The Morgan fingerprint density at radius 3 is 2.46 bits per heavy atom. The monoisotopic (exact) mass is 489 g/mol. The van der Waals surface area contributed by atoms with E-state index >= 15 is 0 Å². The van der Waals surface area contributed by atoms with Crippen LogP contribution in [0.15, 0.2) is 29.3 Å². The van der Waals surface area contributed by atoms with Crippen molar-refractivity contribution in [3.63, 3.8) is 0 Å². The zero-order valence-corrected chi connectivity index (χ0v) is 18.1. The zero-order chi connectivity index (χ0) is 17.3. The van der Waals surface area contributed by atoms with E-state index in [4.69, 9.17) is 4.99 Å². The highest BCUT2D eigenvalue weighted by Crippen LogP contribution is 2.22. The summed E-state index contributed by atoms with van der Waals surface area (Å²) in [6.07, 6.45) is 6.39. The minimum Gasteiger partial charge on any atom is -0.354 e. The van der Waals surface area contributed by atoms with E-state index in [1.54, 1.807) is 0 Å². The number of aryl methyl sites for hydroxylation is 1. The minimum absolute atomic E-state index is 0. The number of hydrogen-bond donors (Lipinski definition) is 2. The Morgan fingerprint density at radius 2 is 1.77 bits per heavy atom. The minimum atomic E-state index is -2.82. The van der Waals surface area contributed by atoms with Crippen molar-refractivity contribution in [1.29, 1.82) is 0 Å². The van der Waals surface area contributed by atoms with E-state index in [9.17, 15) is 8.42 Å². The number of guanidine groups is 1. The summed E-state index contributed by atoms with van der Waals surface area (Å²) in [5.74, 6) is 1.67. The summed E-state index contributed by atoms with van der Waals surface area (Å²) in [5.41, 5.74) is 2.89. The largest absolute Gasteiger partial charge is 0.354 e. The van der Waals surface area contributed by atoms with E-state index in [1.165, 1.54) is 24.0 Å². The number of benzene rings is 1. The summed E-state index contributed by atoms with van der Waals surface area (Å²) in [5, 5.41) is 7.10. The van der Waals surface area contributed by atoms with Crippen molar-refractivity contribution in [2.45, 2.75) is 50.6 Å². The lowest BCUT2D eigenvalue weighted by molar-refractivity contribution is 0.516. The van der Waals surface area contributed by atoms with Crippen LogP contribution in [-0.2, 0) is 22.7 Å². The van der Waals surface area contributed by atoms with Gasteiger partial charge >= 0.3 is 0 Å². The summed E-state index contributed by atoms with van der Waals surface area (Å²) in [4.78, 5) is 4.73. The molecule has 2 atom stereocenters. The van der Waals surface area contributed by atoms with Gasteiger partial charge in [-0.1, -0.05) is 24.3 Å². The number of nitrogens with zero attached hydrogens (tertiary/aromatic N) is 1. The van der Waals surface area contributed by atoms with Crippen LogP contribution in [0.4, 0.5) is 0 Å². The van der Waals surface area contributed by atoms with Crippen LogP contribution < -0.4 is 10.6 Å². The predicted molar refractivity (Wildman–Crippen MR) is 116 cm³/mol. The molecule has 2 aliphatic carbocycles. The molecule has 5 nitrogen and oxygen atoms in total. The summed E-state index contributed by atoms with van der Waals surface area (Å²) in [6, 6.07) is 9.60. The molecule has 1 heterocycles. The fourth-order valence-electron chi connectivity index (χ4n) is 3.80. The first kappa shape index (κ1) is 19.9. The van der Waals surface area contributed by atoms with Crippen LogP contribution in [0.5, 0.6) is 0 Å². The first-order valence-corrected chi connectivity index (χ1v) is 11.2. The fraction of sp³-hybridized carbons (Fsp3) is 0.632. The maximum absolute atomic E-state index is 11.6. The second kappa shape index (κ2) is 8.46. The van der Waals surface area contributed by atoms with Gasteiger partial charge in [-0.25, -0.2) is 8.42 Å². The van der Waals surface area contributed by atoms with Crippen LogP contribution in [0.1, 0.15) is 36.8 Å². The van der Waals surface area contributed by atoms with E-state index in [0.29, 0.717) is 30.1 Å². The number of nitrogens with one attached hydrogen (secondary N) is 2. The van der Waals surface area contributed by atoms with Crippen LogP contribution in [-0.4, -0.2) is 44.5 Å². The molecule has 0 bridgehead atoms. The van der Waals surface area contributed by atoms with Crippen LogP contribution >= 0.6 is 24.0 Å². The van der Waals surface area contributed by atoms with E-state index in [2.05, 4.69) is 34.9 Å². The van der Waals surface area contributed by atoms with Crippen molar-refractivity contribution >= 4 is 39.8 Å². The van der Waals surface area contributed by atoms with Gasteiger partial charge in [-0.15, -0.1) is 24.0 Å². The molecule has 144 valence electrons. The van der Waals surface area contributed by atoms with E-state index in [-0.39, 0.29) is 29.9 Å². The molecular weight excluding hydrogens is 461 g/mol. The molecule has 26 heavy (non-hydrogen) atoms. The van der Waals surface area contributed by atoms with Crippen molar-refractivity contribution < 1.29 is 8.42 Å². The standard InChI is InChI=1S/C19H27N3O2S.HI/c23-25(24)10-9-14(13-25)12-20-19(21-17-7-8-17)22-18-6-5-15-3-1-2-4-16(15)11-18;/h1-4,14,17-18H,5-13H2,(H2,20,21,22);1H. The molecular formula is C19H28IN3O2S. The van der Waals surface area contributed by atoms with Gasteiger partial charge in [0.15, 0.2) is 15.8 Å². The highest BCUT2D eigenvalue weighted by atomic mass is 127. The first-order chi connectivity index (χ1) is 12.1. The second-order valence-corrected chi connectivity index (χ2v) is 9.96. The van der Waals surface area contributed by atoms with E-state index in [1.807, 2.05) is 0 Å². The molecule has 1 saturated heterocycles. The van der Waals surface area contributed by atoms with Crippen LogP contribution in [0.2, 0.25) is 0 Å². The van der Waals surface area contributed by atoms with Gasteiger partial charge in [0, 0.05) is 18.6 Å². The zero-order valence-electron chi connectivity index (χ0n) is 15.0. The van der Waals surface area contributed by atoms with Gasteiger partial charge in [0.1, 0.15) is 0 Å². The van der Waals surface area contributed by atoms with Gasteiger partial charge in [0.25, 0.3) is 0 Å². The van der Waals surface area contributed by atoms with E-state index in [0.717, 1.165) is 31.6 Å². The Balaban J connectivity index is 0.00000196. The first-order valence-electron chi connectivity index (χ1n) is 9.42. The van der Waals surface area contributed by atoms with Crippen LogP contribution in [0.3, 0.4) is 0 Å². The molecule has 2 fully saturated rings. The van der Waals surface area contributed by atoms with Gasteiger partial charge in [-0.05, 0) is 55.6 Å². The lowest BCUT2D eigenvalue weighted by atomic mass is 9.88. The highest BCUT2D eigenvalue weighted by Gasteiger charge is 2.29. The molecule has 2 N–H and O–H groups in total. The molecule has 0 aromatic heterocycles. The van der Waals surface area contributed by atoms with Gasteiger partial charge in [0.05, 0.1) is 11.5 Å². The van der Waals surface area contributed by atoms with Crippen LogP contribution in [0, 0.1) is 5.92 Å². The van der Waals surface area contributed by atoms with Gasteiger partial charge in [-0.2, -0.15) is 0 Å². The van der Waals surface area contributed by atoms with Crippen molar-refractivity contribution in [3.8, 4) is 0 Å². The third kappa shape index (κ3) is 5.34. The number of aliphatic imine (C=N–C) groups is 1. The van der Waals surface area contributed by atoms with Crippen molar-refractivity contribution in [1.82, 2.24) is 10.6 Å². The normalized spacial score (nSPS) is 27.3. The molecule has 0 spiro atoms. The van der Waals surface area contributed by atoms with Gasteiger partial charge < -0.3 is 10.6 Å². The predicted octanol–water partition coefficient (Wildman–Crippen LogP) is 2.29. The second-order valence-electron chi connectivity index (χ2n) is 7.73. The Hall–Kier alpha value is -0.830. The molecule has 1 aromatic carbocycles. The van der Waals surface area contributed by atoms with Crippen molar-refractivity contribution in [2.75, 3.05) is 18.1 Å². The average molecular weight is 489 g/mol. The molecule has 1 saturated carbocycles. The number of hydrogen-bond acceptors (Lipinski definition) is 3. The molecule has 4 rings (SSSR count). The summed E-state index contributed by atoms with van der Waals surface area (Å²) < 4.78 is 23.3. The maximum atomic E-state index is 11.6. The number of fused-ring (bicyclic) bond motifs is 1. The number of rotatable bonds is 4. The average Bonchev–Trinajstić information content (AvgIpc) is 3.34. The van der Waals surface area contributed by atoms with E-state index < -0.39 is 9.84 Å². The third-order valence-electron chi connectivity index (χ3n) is 5.44. The molecule has 7 heteroatoms. The van der Waals surface area contributed by atoms with Crippen molar-refractivity contribution in [2.24, 2.45) is 10.9 Å². The Kier molecular flexibility index (Phi) is 6.48. The molecule has 1 aliphatic heterocycles. The van der Waals surface area contributed by atoms with Crippen molar-refractivity contribution in [3.05, 3.63) is 35.4 Å². The number of halogens is 1. The molecule has 0 radical (unpaired) electrons. The quantitative estimate of drug-likeness (QED) is 0.387. The Labute approximate surface area is 173 Å². The number of sulfone groups is 1. The topological polar surface area (TPSA) is 70.6 Å².